The third-order valence-electron chi connectivity index (χ3n) is 7.67. The summed E-state index contributed by atoms with van der Waals surface area (Å²) < 4.78 is 10.8. The van der Waals surface area contributed by atoms with Crippen molar-refractivity contribution in [1.82, 2.24) is 4.90 Å². The molecule has 3 fully saturated rings. The lowest BCUT2D eigenvalue weighted by atomic mass is 9.73. The highest BCUT2D eigenvalue weighted by molar-refractivity contribution is 6.06. The van der Waals surface area contributed by atoms with Gasteiger partial charge in [0.05, 0.1) is 20.3 Å². The lowest BCUT2D eigenvalue weighted by molar-refractivity contribution is -0.0254. The first-order chi connectivity index (χ1) is 16.5. The summed E-state index contributed by atoms with van der Waals surface area (Å²) in [6, 6.07) is 12.3. The van der Waals surface area contributed by atoms with E-state index < -0.39 is 12.1 Å². The van der Waals surface area contributed by atoms with Crippen molar-refractivity contribution in [2.24, 2.45) is 11.8 Å². The molecule has 4 heterocycles. The molecule has 0 saturated carbocycles. The van der Waals surface area contributed by atoms with Crippen molar-refractivity contribution in [3.63, 3.8) is 0 Å². The van der Waals surface area contributed by atoms with Gasteiger partial charge in [0, 0.05) is 29.4 Å². The minimum Gasteiger partial charge on any atom is -0.497 e. The number of anilines is 1. The molecular formula is C28H32N2O4. The van der Waals surface area contributed by atoms with Crippen molar-refractivity contribution in [2.75, 3.05) is 32.6 Å². The number of rotatable bonds is 7. The highest BCUT2D eigenvalue weighted by Crippen LogP contribution is 2.42. The number of ketones is 1. The monoisotopic (exact) mass is 460 g/mol. The standard InChI is InChI=1S/C28H32N2O4/c1-4-17-16-30-11-10-18(17)13-26(30)28(32)23-15-25(27(31)19-6-5-7-20(12-19)33-2)29-24-9-8-21(34-3)14-22(23)24/h4-9,12,14-15,17-18,25-26,28-29,32H,1,10-11,13,16H2,2-3H3/t17-,18?,25?,26-,28+/m0/s1. The number of nitrogens with one attached hydrogen (secondary N) is 1. The maximum absolute atomic E-state index is 13.5. The van der Waals surface area contributed by atoms with E-state index in [1.165, 1.54) is 0 Å². The third-order valence-corrected chi connectivity index (χ3v) is 7.67. The summed E-state index contributed by atoms with van der Waals surface area (Å²) in [6.07, 6.45) is 5.31. The van der Waals surface area contributed by atoms with E-state index in [2.05, 4.69) is 22.9 Å². The van der Waals surface area contributed by atoms with Crippen LogP contribution in [0.1, 0.15) is 28.8 Å². The third kappa shape index (κ3) is 4.01. The predicted molar refractivity (Wildman–Crippen MR) is 133 cm³/mol. The lowest BCUT2D eigenvalue weighted by Gasteiger charge is -2.51. The molecule has 2 N–H and O–H groups in total. The molecule has 4 aliphatic heterocycles. The number of aliphatic hydroxyl groups is 1. The Hall–Kier alpha value is -3.09. The Morgan fingerprint density at radius 2 is 2.00 bits per heavy atom. The van der Waals surface area contributed by atoms with Gasteiger partial charge in [-0.1, -0.05) is 18.2 Å². The van der Waals surface area contributed by atoms with Gasteiger partial charge in [-0.05, 0) is 73.2 Å². The zero-order valence-corrected chi connectivity index (χ0v) is 19.7. The van der Waals surface area contributed by atoms with Crippen molar-refractivity contribution in [3.8, 4) is 11.5 Å². The van der Waals surface area contributed by atoms with Gasteiger partial charge in [0.1, 0.15) is 17.5 Å². The average molecular weight is 461 g/mol. The number of carbonyl (C=O) groups excluding carboxylic acids is 1. The molecule has 3 unspecified atom stereocenters. The first kappa shape index (κ1) is 22.7. The maximum Gasteiger partial charge on any atom is 0.189 e. The number of nitrogens with zero attached hydrogens (tertiary/aromatic N) is 1. The Morgan fingerprint density at radius 1 is 1.21 bits per heavy atom. The van der Waals surface area contributed by atoms with Crippen LogP contribution in [0, 0.1) is 11.8 Å². The second-order valence-corrected chi connectivity index (χ2v) is 9.44. The smallest absolute Gasteiger partial charge is 0.189 e. The van der Waals surface area contributed by atoms with Gasteiger partial charge in [-0.25, -0.2) is 0 Å². The fraction of sp³-hybridized carbons (Fsp3) is 0.393. The molecule has 0 aliphatic carbocycles. The molecular weight excluding hydrogens is 428 g/mol. The van der Waals surface area contributed by atoms with Crippen LogP contribution in [-0.2, 0) is 0 Å². The van der Waals surface area contributed by atoms with Crippen LogP contribution < -0.4 is 14.8 Å². The molecule has 2 aromatic rings. The summed E-state index contributed by atoms with van der Waals surface area (Å²) in [7, 11) is 3.22. The van der Waals surface area contributed by atoms with Crippen LogP contribution in [0.2, 0.25) is 0 Å². The van der Waals surface area contributed by atoms with Crippen LogP contribution >= 0.6 is 0 Å². The molecule has 0 spiro atoms. The van der Waals surface area contributed by atoms with Crippen molar-refractivity contribution in [2.45, 2.75) is 31.0 Å². The number of Topliss-reactive ketones (excluding diaryl/α,β-unsaturated/α-hetero) is 1. The number of ether oxygens (including phenoxy) is 2. The number of benzene rings is 2. The summed E-state index contributed by atoms with van der Waals surface area (Å²) in [6.45, 7) is 5.93. The van der Waals surface area contributed by atoms with Gasteiger partial charge < -0.3 is 19.9 Å². The quantitative estimate of drug-likeness (QED) is 0.480. The molecule has 6 nitrogen and oxygen atoms in total. The minimum atomic E-state index is -0.706. The molecule has 6 rings (SSSR count). The van der Waals surface area contributed by atoms with Gasteiger partial charge in [-0.15, -0.1) is 6.58 Å². The number of methoxy groups -OCH3 is 2. The molecule has 0 aromatic heterocycles. The topological polar surface area (TPSA) is 71.0 Å². The number of piperidine rings is 3. The Morgan fingerprint density at radius 3 is 2.71 bits per heavy atom. The van der Waals surface area contributed by atoms with Crippen molar-refractivity contribution < 1.29 is 19.4 Å². The van der Waals surface area contributed by atoms with Crippen molar-refractivity contribution >= 4 is 17.0 Å². The van der Waals surface area contributed by atoms with E-state index in [1.54, 1.807) is 26.4 Å². The van der Waals surface area contributed by atoms with E-state index in [9.17, 15) is 9.90 Å². The van der Waals surface area contributed by atoms with E-state index in [-0.39, 0.29) is 11.8 Å². The van der Waals surface area contributed by atoms with E-state index in [0.717, 1.165) is 42.8 Å². The molecule has 2 aromatic carbocycles. The summed E-state index contributed by atoms with van der Waals surface area (Å²) in [5, 5.41) is 15.1. The van der Waals surface area contributed by atoms with Crippen molar-refractivity contribution in [1.29, 1.82) is 0 Å². The Balaban J connectivity index is 1.50. The molecule has 3 saturated heterocycles. The largest absolute Gasteiger partial charge is 0.497 e. The SMILES string of the molecule is C=C[C@H]1CN2CCC1C[C@H]2[C@H](O)C1=CC(C(=O)c2cccc(OC)c2)Nc2ccc(OC)cc21. The zero-order valence-electron chi connectivity index (χ0n) is 19.7. The van der Waals surface area contributed by atoms with Crippen LogP contribution in [0.15, 0.2) is 61.2 Å². The summed E-state index contributed by atoms with van der Waals surface area (Å²) in [5.74, 6) is 2.31. The highest BCUT2D eigenvalue weighted by Gasteiger charge is 2.43. The fourth-order valence-electron chi connectivity index (χ4n) is 5.76. The Labute approximate surface area is 200 Å². The number of hydrogen-bond donors (Lipinski definition) is 2. The Bertz CT molecular complexity index is 1130. The maximum atomic E-state index is 13.5. The Kier molecular flexibility index (Phi) is 6.19. The lowest BCUT2D eigenvalue weighted by Crippen LogP contribution is -2.57. The number of fused-ring (bicyclic) bond motifs is 4. The summed E-state index contributed by atoms with van der Waals surface area (Å²) in [4.78, 5) is 15.9. The molecule has 2 bridgehead atoms. The van der Waals surface area contributed by atoms with E-state index >= 15 is 0 Å². The average Bonchev–Trinajstić information content (AvgIpc) is 2.91. The van der Waals surface area contributed by atoms with Crippen LogP contribution in [0.5, 0.6) is 11.5 Å². The van der Waals surface area contributed by atoms with E-state index in [4.69, 9.17) is 9.47 Å². The van der Waals surface area contributed by atoms with Gasteiger partial charge in [-0.2, -0.15) is 0 Å². The number of carbonyl (C=O) groups is 1. The highest BCUT2D eigenvalue weighted by atomic mass is 16.5. The van der Waals surface area contributed by atoms with Gasteiger partial charge >= 0.3 is 0 Å². The number of aliphatic hydroxyl groups excluding tert-OH is 1. The van der Waals surface area contributed by atoms with Crippen LogP contribution in [0.4, 0.5) is 5.69 Å². The fourth-order valence-corrected chi connectivity index (χ4v) is 5.76. The molecule has 6 heteroatoms. The molecule has 0 amide bonds. The van der Waals surface area contributed by atoms with Gasteiger partial charge in [-0.3, -0.25) is 9.69 Å². The molecule has 0 radical (unpaired) electrons. The van der Waals surface area contributed by atoms with Gasteiger partial charge in [0.15, 0.2) is 5.78 Å². The second kappa shape index (κ2) is 9.28. The van der Waals surface area contributed by atoms with Crippen LogP contribution in [-0.4, -0.2) is 61.3 Å². The van der Waals surface area contributed by atoms with E-state index in [0.29, 0.717) is 28.9 Å². The predicted octanol–water partition coefficient (Wildman–Crippen LogP) is 4.02. The summed E-state index contributed by atoms with van der Waals surface area (Å²) in [5.41, 5.74) is 3.04. The first-order valence-corrected chi connectivity index (χ1v) is 11.9. The van der Waals surface area contributed by atoms with Gasteiger partial charge in [0.2, 0.25) is 0 Å². The molecule has 178 valence electrons. The van der Waals surface area contributed by atoms with Crippen molar-refractivity contribution in [3.05, 3.63) is 72.3 Å². The second-order valence-electron chi connectivity index (χ2n) is 9.44. The number of hydrogen-bond acceptors (Lipinski definition) is 6. The molecule has 6 atom stereocenters. The van der Waals surface area contributed by atoms with Gasteiger partial charge in [0.25, 0.3) is 0 Å². The zero-order chi connectivity index (χ0) is 23.8. The van der Waals surface area contributed by atoms with Crippen LogP contribution in [0.25, 0.3) is 5.57 Å². The van der Waals surface area contributed by atoms with E-state index in [1.807, 2.05) is 36.4 Å². The molecule has 34 heavy (non-hydrogen) atoms. The summed E-state index contributed by atoms with van der Waals surface area (Å²) >= 11 is 0. The van der Waals surface area contributed by atoms with Crippen LogP contribution in [0.3, 0.4) is 0 Å². The minimum absolute atomic E-state index is 0.0194. The molecule has 4 aliphatic rings. The normalized spacial score (nSPS) is 28.2. The first-order valence-electron chi connectivity index (χ1n) is 11.9.